The lowest BCUT2D eigenvalue weighted by molar-refractivity contribution is -0.119. The van der Waals surface area contributed by atoms with Crippen LogP contribution in [0.2, 0.25) is 0 Å². The van der Waals surface area contributed by atoms with Crippen LogP contribution in [0.25, 0.3) is 0 Å². The maximum atomic E-state index is 12.7. The molecule has 0 aliphatic carbocycles. The van der Waals surface area contributed by atoms with E-state index in [1.807, 2.05) is 0 Å². The van der Waals surface area contributed by atoms with E-state index in [2.05, 4.69) is 17.0 Å². The molecule has 0 radical (unpaired) electrons. The summed E-state index contributed by atoms with van der Waals surface area (Å²) in [7, 11) is -3.78. The summed E-state index contributed by atoms with van der Waals surface area (Å²) in [5, 5.41) is 2.62. The summed E-state index contributed by atoms with van der Waals surface area (Å²) in [6.45, 7) is 2.26. The second-order valence-electron chi connectivity index (χ2n) is 4.34. The Labute approximate surface area is 118 Å². The minimum Gasteiger partial charge on any atom is -0.355 e. The van der Waals surface area contributed by atoms with Crippen molar-refractivity contribution in [3.8, 4) is 0 Å². The number of rotatable bonds is 8. The van der Waals surface area contributed by atoms with Crippen molar-refractivity contribution in [2.45, 2.75) is 31.1 Å². The molecule has 0 spiro atoms. The summed E-state index contributed by atoms with van der Waals surface area (Å²) in [6.07, 6.45) is 2.93. The molecule has 1 aromatic rings. The third-order valence-electron chi connectivity index (χ3n) is 2.65. The highest BCUT2D eigenvalue weighted by atomic mass is 32.2. The maximum Gasteiger partial charge on any atom is 0.241 e. The van der Waals surface area contributed by atoms with Gasteiger partial charge in [0.05, 0.1) is 11.4 Å². The molecule has 0 fully saturated rings. The predicted molar refractivity (Wildman–Crippen MR) is 74.1 cm³/mol. The van der Waals surface area contributed by atoms with Crippen molar-refractivity contribution in [2.24, 2.45) is 0 Å². The van der Waals surface area contributed by atoms with Crippen LogP contribution in [0.5, 0.6) is 0 Å². The lowest BCUT2D eigenvalue weighted by atomic mass is 10.2. The van der Waals surface area contributed by atoms with Crippen LogP contribution in [0.3, 0.4) is 0 Å². The zero-order valence-electron chi connectivity index (χ0n) is 11.4. The van der Waals surface area contributed by atoms with Gasteiger partial charge < -0.3 is 5.32 Å². The Balaban J connectivity index is 2.43. The van der Waals surface area contributed by atoms with Gasteiger partial charge in [0.25, 0.3) is 0 Å². The molecule has 5 nitrogen and oxygen atoms in total. The van der Waals surface area contributed by atoms with Gasteiger partial charge in [0.15, 0.2) is 0 Å². The van der Waals surface area contributed by atoms with Crippen LogP contribution in [0, 0.1) is 5.82 Å². The molecular formula is C13H19FN2O3S. The Morgan fingerprint density at radius 2 is 1.85 bits per heavy atom. The van der Waals surface area contributed by atoms with E-state index in [0.717, 1.165) is 43.5 Å². The number of halogens is 1. The Hall–Kier alpha value is -1.47. The maximum absolute atomic E-state index is 12.7. The lowest BCUT2D eigenvalue weighted by Crippen LogP contribution is -2.37. The van der Waals surface area contributed by atoms with E-state index in [9.17, 15) is 17.6 Å². The highest BCUT2D eigenvalue weighted by Gasteiger charge is 2.15. The smallest absolute Gasteiger partial charge is 0.241 e. The molecule has 1 rings (SSSR count). The zero-order chi connectivity index (χ0) is 15.0. The number of hydrogen-bond acceptors (Lipinski definition) is 3. The molecule has 20 heavy (non-hydrogen) atoms. The number of benzene rings is 1. The van der Waals surface area contributed by atoms with Crippen LogP contribution in [0.1, 0.15) is 26.2 Å². The van der Waals surface area contributed by atoms with Gasteiger partial charge >= 0.3 is 0 Å². The van der Waals surface area contributed by atoms with Gasteiger partial charge in [-0.2, -0.15) is 0 Å². The number of amides is 1. The monoisotopic (exact) mass is 302 g/mol. The van der Waals surface area contributed by atoms with Crippen LogP contribution in [0.15, 0.2) is 29.2 Å². The highest BCUT2D eigenvalue weighted by molar-refractivity contribution is 7.89. The first kappa shape index (κ1) is 16.6. The molecule has 0 aliphatic rings. The normalized spacial score (nSPS) is 11.3. The van der Waals surface area contributed by atoms with E-state index in [-0.39, 0.29) is 17.3 Å². The Kier molecular flexibility index (Phi) is 6.60. The SMILES string of the molecule is CCCCCNC(=O)CNS(=O)(=O)c1ccc(F)cc1. The van der Waals surface area contributed by atoms with Gasteiger partial charge in [-0.05, 0) is 30.7 Å². The second kappa shape index (κ2) is 7.96. The van der Waals surface area contributed by atoms with Crippen molar-refractivity contribution in [1.29, 1.82) is 0 Å². The van der Waals surface area contributed by atoms with E-state index in [4.69, 9.17) is 0 Å². The van der Waals surface area contributed by atoms with Crippen molar-refractivity contribution in [3.05, 3.63) is 30.1 Å². The Morgan fingerprint density at radius 1 is 1.20 bits per heavy atom. The topological polar surface area (TPSA) is 75.3 Å². The average molecular weight is 302 g/mol. The molecule has 7 heteroatoms. The summed E-state index contributed by atoms with van der Waals surface area (Å²) in [4.78, 5) is 11.4. The van der Waals surface area contributed by atoms with Gasteiger partial charge in [-0.1, -0.05) is 19.8 Å². The molecule has 1 aromatic carbocycles. The number of hydrogen-bond donors (Lipinski definition) is 2. The minimum atomic E-state index is -3.78. The number of unbranched alkanes of at least 4 members (excludes halogenated alkanes) is 2. The third-order valence-corrected chi connectivity index (χ3v) is 4.07. The molecule has 0 bridgehead atoms. The first-order valence-electron chi connectivity index (χ1n) is 6.47. The summed E-state index contributed by atoms with van der Waals surface area (Å²) < 4.78 is 38.5. The average Bonchev–Trinajstić information content (AvgIpc) is 2.42. The molecular weight excluding hydrogens is 283 g/mol. The van der Waals surface area contributed by atoms with E-state index in [1.165, 1.54) is 0 Å². The number of nitrogens with one attached hydrogen (secondary N) is 2. The summed E-state index contributed by atoms with van der Waals surface area (Å²) in [6, 6.07) is 4.41. The van der Waals surface area contributed by atoms with E-state index in [1.54, 1.807) is 0 Å². The molecule has 112 valence electrons. The molecule has 0 aliphatic heterocycles. The van der Waals surface area contributed by atoms with Crippen LogP contribution in [0.4, 0.5) is 4.39 Å². The molecule has 1 amide bonds. The van der Waals surface area contributed by atoms with Gasteiger partial charge in [0.2, 0.25) is 15.9 Å². The van der Waals surface area contributed by atoms with Gasteiger partial charge in [-0.15, -0.1) is 0 Å². The second-order valence-corrected chi connectivity index (χ2v) is 6.10. The summed E-state index contributed by atoms with van der Waals surface area (Å²) in [5.41, 5.74) is 0. The van der Waals surface area contributed by atoms with Crippen molar-refractivity contribution >= 4 is 15.9 Å². The van der Waals surface area contributed by atoms with Gasteiger partial charge in [-0.25, -0.2) is 17.5 Å². The van der Waals surface area contributed by atoms with Crippen molar-refractivity contribution in [3.63, 3.8) is 0 Å². The number of carbonyl (C=O) groups is 1. The fraction of sp³-hybridized carbons (Fsp3) is 0.462. The van der Waals surface area contributed by atoms with Gasteiger partial charge in [0, 0.05) is 6.54 Å². The van der Waals surface area contributed by atoms with E-state index in [0.29, 0.717) is 6.54 Å². The predicted octanol–water partition coefficient (Wildman–Crippen LogP) is 1.41. The summed E-state index contributed by atoms with van der Waals surface area (Å²) >= 11 is 0. The highest BCUT2D eigenvalue weighted by Crippen LogP contribution is 2.08. The summed E-state index contributed by atoms with van der Waals surface area (Å²) in [5.74, 6) is -0.899. The van der Waals surface area contributed by atoms with Crippen molar-refractivity contribution in [2.75, 3.05) is 13.1 Å². The number of carbonyl (C=O) groups excluding carboxylic acids is 1. The molecule has 2 N–H and O–H groups in total. The quantitative estimate of drug-likeness (QED) is 0.713. The fourth-order valence-electron chi connectivity index (χ4n) is 1.52. The first-order valence-corrected chi connectivity index (χ1v) is 7.96. The Bertz CT molecular complexity index is 529. The molecule has 0 aromatic heterocycles. The molecule has 0 heterocycles. The molecule has 0 atom stereocenters. The van der Waals surface area contributed by atoms with Crippen LogP contribution in [-0.2, 0) is 14.8 Å². The van der Waals surface area contributed by atoms with Gasteiger partial charge in [0.1, 0.15) is 5.82 Å². The number of sulfonamides is 1. The van der Waals surface area contributed by atoms with Crippen LogP contribution >= 0.6 is 0 Å². The first-order chi connectivity index (χ1) is 9.45. The van der Waals surface area contributed by atoms with Crippen molar-refractivity contribution in [1.82, 2.24) is 10.0 Å². The third kappa shape index (κ3) is 5.66. The van der Waals surface area contributed by atoms with Crippen LogP contribution in [-0.4, -0.2) is 27.4 Å². The molecule has 0 unspecified atom stereocenters. The molecule has 0 saturated heterocycles. The standard InChI is InChI=1S/C13H19FN2O3S/c1-2-3-4-9-15-13(17)10-16-20(18,19)12-7-5-11(14)6-8-12/h5-8,16H,2-4,9-10H2,1H3,(H,15,17). The Morgan fingerprint density at radius 3 is 2.45 bits per heavy atom. The van der Waals surface area contributed by atoms with Crippen molar-refractivity contribution < 1.29 is 17.6 Å². The fourth-order valence-corrected chi connectivity index (χ4v) is 2.51. The zero-order valence-corrected chi connectivity index (χ0v) is 12.2. The minimum absolute atomic E-state index is 0.0716. The molecule has 0 saturated carbocycles. The lowest BCUT2D eigenvalue weighted by Gasteiger charge is -2.07. The van der Waals surface area contributed by atoms with E-state index < -0.39 is 15.8 Å². The van der Waals surface area contributed by atoms with Gasteiger partial charge in [-0.3, -0.25) is 4.79 Å². The van der Waals surface area contributed by atoms with Crippen LogP contribution < -0.4 is 10.0 Å². The largest absolute Gasteiger partial charge is 0.355 e. The van der Waals surface area contributed by atoms with E-state index >= 15 is 0 Å².